The number of ketones is 1. The fourth-order valence-electron chi connectivity index (χ4n) is 1.89. The number of carbonyl (C=O) groups excluding carboxylic acids is 1. The van der Waals surface area contributed by atoms with E-state index in [1.54, 1.807) is 0 Å². The van der Waals surface area contributed by atoms with Crippen molar-refractivity contribution in [2.45, 2.75) is 30.1 Å². The molecular formula is C10H17NO6. The summed E-state index contributed by atoms with van der Waals surface area (Å²) in [7, 11) is 1.39. The molecule has 0 spiro atoms. The molecule has 0 saturated carbocycles. The predicted molar refractivity (Wildman–Crippen MR) is 57.0 cm³/mol. The molecule has 7 heteroatoms. The predicted octanol–water partition coefficient (Wildman–Crippen LogP) is -2.87. The Labute approximate surface area is 98.3 Å². The van der Waals surface area contributed by atoms with Gasteiger partial charge >= 0.3 is 0 Å². The largest absolute Gasteiger partial charge is 0.394 e. The van der Waals surface area contributed by atoms with Gasteiger partial charge < -0.3 is 30.5 Å². The maximum atomic E-state index is 11.6. The summed E-state index contributed by atoms with van der Waals surface area (Å²) in [6, 6.07) is -1.22. The molecule has 1 aliphatic rings. The average molecular weight is 247 g/mol. The van der Waals surface area contributed by atoms with Gasteiger partial charge in [0, 0.05) is 0 Å². The second-order valence-electron chi connectivity index (χ2n) is 3.85. The van der Waals surface area contributed by atoms with Crippen LogP contribution in [-0.2, 0) is 9.53 Å². The van der Waals surface area contributed by atoms with Crippen molar-refractivity contribution in [2.24, 2.45) is 0 Å². The van der Waals surface area contributed by atoms with Gasteiger partial charge in [-0.25, -0.2) is 0 Å². The van der Waals surface area contributed by atoms with Gasteiger partial charge in [0.05, 0.1) is 12.6 Å². The molecule has 0 amide bonds. The number of ether oxygens (including phenoxy) is 1. The number of nitrogens with one attached hydrogen (secondary N) is 1. The third-order valence-corrected chi connectivity index (χ3v) is 2.85. The van der Waals surface area contributed by atoms with E-state index < -0.39 is 42.5 Å². The fraction of sp³-hybridized carbons (Fsp3) is 0.700. The molecule has 0 aromatic carbocycles. The number of aliphatic hydroxyl groups is 4. The number of rotatable bonds is 4. The van der Waals surface area contributed by atoms with Crippen LogP contribution < -0.4 is 5.32 Å². The zero-order valence-corrected chi connectivity index (χ0v) is 9.41. The summed E-state index contributed by atoms with van der Waals surface area (Å²) >= 11 is 0. The van der Waals surface area contributed by atoms with E-state index in [-0.39, 0.29) is 0 Å². The lowest BCUT2D eigenvalue weighted by molar-refractivity contribution is -0.299. The SMILES string of the molecule is C=CC(=O)C1(O)O[C@H](CO)[C@@H](O)[C@H](O)[C@H]1NC. The molecule has 1 aliphatic heterocycles. The molecular weight excluding hydrogens is 230 g/mol. The van der Waals surface area contributed by atoms with Gasteiger partial charge in [-0.15, -0.1) is 0 Å². The minimum Gasteiger partial charge on any atom is -0.394 e. The van der Waals surface area contributed by atoms with Crippen molar-refractivity contribution in [1.29, 1.82) is 0 Å². The smallest absolute Gasteiger partial charge is 0.249 e. The second kappa shape index (κ2) is 5.21. The topological polar surface area (TPSA) is 119 Å². The fourth-order valence-corrected chi connectivity index (χ4v) is 1.89. The van der Waals surface area contributed by atoms with Gasteiger partial charge in [0.2, 0.25) is 11.6 Å². The maximum absolute atomic E-state index is 11.6. The first kappa shape index (κ1) is 14.2. The quantitative estimate of drug-likeness (QED) is 0.339. The van der Waals surface area contributed by atoms with Crippen LogP contribution in [0.1, 0.15) is 0 Å². The summed E-state index contributed by atoms with van der Waals surface area (Å²) in [5, 5.41) is 40.9. The summed E-state index contributed by atoms with van der Waals surface area (Å²) in [5.74, 6) is -3.22. The van der Waals surface area contributed by atoms with Gasteiger partial charge in [-0.1, -0.05) is 6.58 Å². The number of hydrogen-bond donors (Lipinski definition) is 5. The molecule has 1 rings (SSSR count). The van der Waals surface area contributed by atoms with Gasteiger partial charge in [-0.2, -0.15) is 0 Å². The molecule has 0 radical (unpaired) electrons. The zero-order valence-electron chi connectivity index (χ0n) is 9.41. The van der Waals surface area contributed by atoms with Crippen molar-refractivity contribution in [2.75, 3.05) is 13.7 Å². The number of hydrogen-bond acceptors (Lipinski definition) is 7. The molecule has 1 unspecified atom stereocenters. The highest BCUT2D eigenvalue weighted by molar-refractivity contribution is 5.96. The van der Waals surface area contributed by atoms with Gasteiger partial charge in [0.15, 0.2) is 0 Å². The van der Waals surface area contributed by atoms with E-state index in [1.165, 1.54) is 7.05 Å². The molecule has 17 heavy (non-hydrogen) atoms. The highest BCUT2D eigenvalue weighted by Crippen LogP contribution is 2.29. The second-order valence-corrected chi connectivity index (χ2v) is 3.85. The lowest BCUT2D eigenvalue weighted by atomic mass is 9.88. The minimum absolute atomic E-state index is 0.638. The summed E-state index contributed by atoms with van der Waals surface area (Å²) in [6.45, 7) is 2.58. The Kier molecular flexibility index (Phi) is 4.36. The van der Waals surface area contributed by atoms with E-state index >= 15 is 0 Å². The Hall–Kier alpha value is -0.830. The van der Waals surface area contributed by atoms with Gasteiger partial charge in [-0.3, -0.25) is 4.79 Å². The molecule has 7 nitrogen and oxygen atoms in total. The summed E-state index contributed by atoms with van der Waals surface area (Å²) in [5.41, 5.74) is 0. The third kappa shape index (κ3) is 2.25. The summed E-state index contributed by atoms with van der Waals surface area (Å²) in [4.78, 5) is 11.6. The van der Waals surface area contributed by atoms with E-state index in [1.807, 2.05) is 0 Å². The Bertz CT molecular complexity index is 309. The van der Waals surface area contributed by atoms with Crippen LogP contribution in [0.25, 0.3) is 0 Å². The standard InChI is InChI=1S/C10H17NO6/c1-3-6(13)10(16)9(11-2)8(15)7(14)5(4-12)17-10/h3,5,7-9,11-12,14-16H,1,4H2,2H3/t5-,7-,8+,9-,10?/m1/s1. The third-order valence-electron chi connectivity index (χ3n) is 2.85. The minimum atomic E-state index is -2.36. The molecule has 1 heterocycles. The van der Waals surface area contributed by atoms with Crippen molar-refractivity contribution < 1.29 is 30.0 Å². The number of aliphatic hydroxyl groups excluding tert-OH is 3. The monoisotopic (exact) mass is 247 g/mol. The molecule has 1 fully saturated rings. The van der Waals surface area contributed by atoms with Crippen LogP contribution in [0.3, 0.4) is 0 Å². The Morgan fingerprint density at radius 3 is 2.53 bits per heavy atom. The molecule has 98 valence electrons. The van der Waals surface area contributed by atoms with E-state index in [0.29, 0.717) is 0 Å². The lowest BCUT2D eigenvalue weighted by Gasteiger charge is -2.46. The highest BCUT2D eigenvalue weighted by atomic mass is 16.7. The van der Waals surface area contributed by atoms with Crippen LogP contribution in [0, 0.1) is 0 Å². The van der Waals surface area contributed by atoms with E-state index in [2.05, 4.69) is 11.9 Å². The van der Waals surface area contributed by atoms with Crippen LogP contribution in [0.5, 0.6) is 0 Å². The first-order valence-electron chi connectivity index (χ1n) is 5.13. The first-order chi connectivity index (χ1) is 7.92. The average Bonchev–Trinajstić information content (AvgIpc) is 2.33. The summed E-state index contributed by atoms with van der Waals surface area (Å²) < 4.78 is 4.97. The van der Waals surface area contributed by atoms with Gasteiger partial charge in [0.1, 0.15) is 18.3 Å². The normalized spacial score (nSPS) is 42.2. The van der Waals surface area contributed by atoms with Crippen LogP contribution in [0.15, 0.2) is 12.7 Å². The van der Waals surface area contributed by atoms with E-state index in [0.717, 1.165) is 6.08 Å². The van der Waals surface area contributed by atoms with E-state index in [9.17, 15) is 20.1 Å². The van der Waals surface area contributed by atoms with Crippen molar-refractivity contribution in [3.05, 3.63) is 12.7 Å². The van der Waals surface area contributed by atoms with Crippen molar-refractivity contribution in [3.63, 3.8) is 0 Å². The van der Waals surface area contributed by atoms with Crippen molar-refractivity contribution in [3.8, 4) is 0 Å². The van der Waals surface area contributed by atoms with Gasteiger partial charge in [0.25, 0.3) is 0 Å². The van der Waals surface area contributed by atoms with Crippen molar-refractivity contribution in [1.82, 2.24) is 5.32 Å². The van der Waals surface area contributed by atoms with Crippen LogP contribution in [0.2, 0.25) is 0 Å². The Morgan fingerprint density at radius 1 is 1.53 bits per heavy atom. The molecule has 5 N–H and O–H groups in total. The summed E-state index contributed by atoms with van der Waals surface area (Å²) in [6.07, 6.45) is -3.26. The van der Waals surface area contributed by atoms with Crippen LogP contribution >= 0.6 is 0 Å². The molecule has 0 bridgehead atoms. The Morgan fingerprint density at radius 2 is 2.12 bits per heavy atom. The molecule has 0 aromatic heterocycles. The lowest BCUT2D eigenvalue weighted by Crippen LogP contribution is -2.71. The van der Waals surface area contributed by atoms with E-state index in [4.69, 9.17) is 9.84 Å². The number of likely N-dealkylation sites (N-methyl/N-ethyl adjacent to an activating group) is 1. The molecule has 5 atom stereocenters. The van der Waals surface area contributed by atoms with Crippen LogP contribution in [-0.4, -0.2) is 70.0 Å². The van der Waals surface area contributed by atoms with Gasteiger partial charge in [-0.05, 0) is 13.1 Å². The first-order valence-corrected chi connectivity index (χ1v) is 5.13. The molecule has 1 saturated heterocycles. The van der Waals surface area contributed by atoms with Crippen molar-refractivity contribution >= 4 is 5.78 Å². The Balaban J connectivity index is 3.09. The zero-order chi connectivity index (χ0) is 13.2. The maximum Gasteiger partial charge on any atom is 0.249 e. The molecule has 0 aromatic rings. The highest BCUT2D eigenvalue weighted by Gasteiger charge is 2.55. The number of carbonyl (C=O) groups is 1. The molecule has 0 aliphatic carbocycles. The van der Waals surface area contributed by atoms with Crippen LogP contribution in [0.4, 0.5) is 0 Å².